The van der Waals surface area contributed by atoms with Crippen LogP contribution >= 0.6 is 0 Å². The molecule has 0 N–H and O–H groups in total. The molecule has 1 aliphatic carbocycles. The Labute approximate surface area is 156 Å². The van der Waals surface area contributed by atoms with Crippen LogP contribution in [0, 0.1) is 11.3 Å². The van der Waals surface area contributed by atoms with Gasteiger partial charge in [-0.15, -0.1) is 0 Å². The topological polar surface area (TPSA) is 62.6 Å². The van der Waals surface area contributed by atoms with Crippen LogP contribution in [0.4, 0.5) is 0 Å². The zero-order valence-corrected chi connectivity index (χ0v) is 16.0. The molecule has 140 valence electrons. The standard InChI is InChI=1S/C21H28N2O3/c1-4-6-14-26-18-10-8-17(15-19(18)25-5-2)9-11-20(24)23(3)21(16-22)12-7-13-21/h8-11,15H,4-7,12-14H2,1-3H3/b11-9+. The second-order valence-corrected chi connectivity index (χ2v) is 6.57. The molecule has 1 aromatic rings. The van der Waals surface area contributed by atoms with Gasteiger partial charge in [0, 0.05) is 13.1 Å². The Morgan fingerprint density at radius 2 is 2.08 bits per heavy atom. The summed E-state index contributed by atoms with van der Waals surface area (Å²) in [7, 11) is 1.70. The van der Waals surface area contributed by atoms with Crippen molar-refractivity contribution in [3.8, 4) is 17.6 Å². The molecule has 1 aliphatic rings. The van der Waals surface area contributed by atoms with Crippen LogP contribution in [0.15, 0.2) is 24.3 Å². The lowest BCUT2D eigenvalue weighted by atomic mass is 9.76. The predicted octanol–water partition coefficient (Wildman–Crippen LogP) is 4.18. The highest BCUT2D eigenvalue weighted by Gasteiger charge is 2.42. The maximum absolute atomic E-state index is 12.4. The summed E-state index contributed by atoms with van der Waals surface area (Å²) >= 11 is 0. The Bertz CT molecular complexity index is 687. The highest BCUT2D eigenvalue weighted by molar-refractivity contribution is 5.92. The number of unbranched alkanes of at least 4 members (excludes halogenated alkanes) is 1. The number of carbonyl (C=O) groups excluding carboxylic acids is 1. The number of amides is 1. The molecule has 5 nitrogen and oxygen atoms in total. The molecule has 0 heterocycles. The molecule has 1 saturated carbocycles. The lowest BCUT2D eigenvalue weighted by Crippen LogP contribution is -2.52. The molecule has 0 radical (unpaired) electrons. The van der Waals surface area contributed by atoms with Gasteiger partial charge in [0.25, 0.3) is 0 Å². The zero-order valence-electron chi connectivity index (χ0n) is 16.0. The van der Waals surface area contributed by atoms with Gasteiger partial charge < -0.3 is 14.4 Å². The van der Waals surface area contributed by atoms with E-state index >= 15 is 0 Å². The number of benzene rings is 1. The van der Waals surface area contributed by atoms with Gasteiger partial charge in [0.1, 0.15) is 5.54 Å². The Hall–Kier alpha value is -2.48. The van der Waals surface area contributed by atoms with Crippen molar-refractivity contribution in [1.82, 2.24) is 4.90 Å². The van der Waals surface area contributed by atoms with Gasteiger partial charge in [-0.1, -0.05) is 19.4 Å². The van der Waals surface area contributed by atoms with E-state index in [9.17, 15) is 10.1 Å². The molecule has 26 heavy (non-hydrogen) atoms. The van der Waals surface area contributed by atoms with Crippen molar-refractivity contribution in [3.05, 3.63) is 29.8 Å². The molecule has 1 amide bonds. The Balaban J connectivity index is 2.08. The average molecular weight is 356 g/mol. The van der Waals surface area contributed by atoms with E-state index in [0.717, 1.165) is 43.4 Å². The normalized spacial score (nSPS) is 15.2. The van der Waals surface area contributed by atoms with Crippen molar-refractivity contribution in [2.45, 2.75) is 51.5 Å². The number of likely N-dealkylation sites (N-methyl/N-ethyl adjacent to an activating group) is 1. The van der Waals surface area contributed by atoms with Crippen LogP contribution in [-0.2, 0) is 4.79 Å². The van der Waals surface area contributed by atoms with Crippen LogP contribution in [0.3, 0.4) is 0 Å². The summed E-state index contributed by atoms with van der Waals surface area (Å²) in [5.41, 5.74) is 0.229. The Morgan fingerprint density at radius 1 is 1.31 bits per heavy atom. The van der Waals surface area contributed by atoms with E-state index < -0.39 is 5.54 Å². The summed E-state index contributed by atoms with van der Waals surface area (Å²) in [4.78, 5) is 14.0. The summed E-state index contributed by atoms with van der Waals surface area (Å²) in [5, 5.41) is 9.36. The van der Waals surface area contributed by atoms with E-state index in [1.165, 1.54) is 6.08 Å². The summed E-state index contributed by atoms with van der Waals surface area (Å²) in [6.07, 6.45) is 7.82. The van der Waals surface area contributed by atoms with Crippen LogP contribution in [0.5, 0.6) is 11.5 Å². The molecule has 0 saturated heterocycles. The summed E-state index contributed by atoms with van der Waals surface area (Å²) in [6.45, 7) is 5.25. The van der Waals surface area contributed by atoms with Crippen molar-refractivity contribution < 1.29 is 14.3 Å². The smallest absolute Gasteiger partial charge is 0.247 e. The van der Waals surface area contributed by atoms with Gasteiger partial charge >= 0.3 is 0 Å². The number of nitrogens with zero attached hydrogens (tertiary/aromatic N) is 2. The molecular formula is C21H28N2O3. The van der Waals surface area contributed by atoms with Gasteiger partial charge in [-0.3, -0.25) is 4.79 Å². The third-order valence-electron chi connectivity index (χ3n) is 4.80. The molecular weight excluding hydrogens is 328 g/mol. The summed E-state index contributed by atoms with van der Waals surface area (Å²) < 4.78 is 11.4. The van der Waals surface area contributed by atoms with Gasteiger partial charge in [-0.25, -0.2) is 0 Å². The van der Waals surface area contributed by atoms with Gasteiger partial charge in [0.15, 0.2) is 11.5 Å². The highest BCUT2D eigenvalue weighted by atomic mass is 16.5. The molecule has 2 rings (SSSR count). The third-order valence-corrected chi connectivity index (χ3v) is 4.80. The van der Waals surface area contributed by atoms with Crippen LogP contribution in [0.2, 0.25) is 0 Å². The molecule has 0 atom stereocenters. The highest BCUT2D eigenvalue weighted by Crippen LogP contribution is 2.36. The minimum atomic E-state index is -0.630. The lowest BCUT2D eigenvalue weighted by Gasteiger charge is -2.42. The van der Waals surface area contributed by atoms with Crippen LogP contribution in [0.25, 0.3) is 6.08 Å². The van der Waals surface area contributed by atoms with Crippen molar-refractivity contribution in [2.24, 2.45) is 0 Å². The Kier molecular flexibility index (Phi) is 7.08. The second kappa shape index (κ2) is 9.28. The molecule has 0 bridgehead atoms. The lowest BCUT2D eigenvalue weighted by molar-refractivity contribution is -0.130. The van der Waals surface area contributed by atoms with Crippen molar-refractivity contribution in [3.63, 3.8) is 0 Å². The van der Waals surface area contributed by atoms with E-state index in [1.807, 2.05) is 25.1 Å². The predicted molar refractivity (Wildman–Crippen MR) is 102 cm³/mol. The minimum absolute atomic E-state index is 0.160. The van der Waals surface area contributed by atoms with E-state index in [2.05, 4.69) is 13.0 Å². The summed E-state index contributed by atoms with van der Waals surface area (Å²) in [5.74, 6) is 1.24. The molecule has 0 aromatic heterocycles. The SMILES string of the molecule is CCCCOc1ccc(/C=C/C(=O)N(C)C2(C#N)CCC2)cc1OCC. The van der Waals surface area contributed by atoms with Gasteiger partial charge in [0.2, 0.25) is 5.91 Å². The van der Waals surface area contributed by atoms with Gasteiger partial charge in [0.05, 0.1) is 19.3 Å². The van der Waals surface area contributed by atoms with E-state index in [4.69, 9.17) is 9.47 Å². The number of ether oxygens (including phenoxy) is 2. The number of nitriles is 1. The second-order valence-electron chi connectivity index (χ2n) is 6.57. The first-order valence-electron chi connectivity index (χ1n) is 9.33. The maximum Gasteiger partial charge on any atom is 0.247 e. The Morgan fingerprint density at radius 3 is 2.65 bits per heavy atom. The first kappa shape index (κ1) is 19.8. The van der Waals surface area contributed by atoms with Gasteiger partial charge in [-0.2, -0.15) is 5.26 Å². The fourth-order valence-corrected chi connectivity index (χ4v) is 2.87. The fraction of sp³-hybridized carbons (Fsp3) is 0.524. The van der Waals surface area contributed by atoms with Gasteiger partial charge in [-0.05, 0) is 56.4 Å². The fourth-order valence-electron chi connectivity index (χ4n) is 2.87. The molecule has 0 unspecified atom stereocenters. The first-order valence-corrected chi connectivity index (χ1v) is 9.33. The van der Waals surface area contributed by atoms with Crippen molar-refractivity contribution >= 4 is 12.0 Å². The molecule has 1 aromatic carbocycles. The van der Waals surface area contributed by atoms with Crippen LogP contribution < -0.4 is 9.47 Å². The number of carbonyl (C=O) groups is 1. The number of hydrogen-bond acceptors (Lipinski definition) is 4. The minimum Gasteiger partial charge on any atom is -0.490 e. The molecule has 5 heteroatoms. The molecule has 0 aliphatic heterocycles. The monoisotopic (exact) mass is 356 g/mol. The first-order chi connectivity index (χ1) is 12.6. The maximum atomic E-state index is 12.4. The third kappa shape index (κ3) is 4.57. The average Bonchev–Trinajstić information content (AvgIpc) is 2.61. The van der Waals surface area contributed by atoms with E-state index in [-0.39, 0.29) is 5.91 Å². The van der Waals surface area contributed by atoms with E-state index in [0.29, 0.717) is 19.0 Å². The quantitative estimate of drug-likeness (QED) is 0.492. The van der Waals surface area contributed by atoms with E-state index in [1.54, 1.807) is 18.0 Å². The largest absolute Gasteiger partial charge is 0.490 e. The molecule has 0 spiro atoms. The number of rotatable bonds is 9. The van der Waals surface area contributed by atoms with Crippen molar-refractivity contribution in [2.75, 3.05) is 20.3 Å². The summed E-state index contributed by atoms with van der Waals surface area (Å²) in [6, 6.07) is 7.93. The van der Waals surface area contributed by atoms with Crippen LogP contribution in [-0.4, -0.2) is 36.6 Å². The van der Waals surface area contributed by atoms with Crippen LogP contribution in [0.1, 0.15) is 51.5 Å². The molecule has 1 fully saturated rings. The van der Waals surface area contributed by atoms with Crippen molar-refractivity contribution in [1.29, 1.82) is 5.26 Å². The zero-order chi connectivity index (χ0) is 19.0. The number of hydrogen-bond donors (Lipinski definition) is 0.